The minimum Gasteiger partial charge on any atom is -0.481 e. The van der Waals surface area contributed by atoms with Crippen molar-refractivity contribution in [2.75, 3.05) is 51.7 Å². The number of rotatable bonds is 13. The number of carbonyl (C=O) groups is 2. The fourth-order valence-corrected chi connectivity index (χ4v) is 9.55. The third-order valence-electron chi connectivity index (χ3n) is 9.10. The van der Waals surface area contributed by atoms with Crippen LogP contribution in [0.4, 0.5) is 0 Å². The summed E-state index contributed by atoms with van der Waals surface area (Å²) in [5, 5.41) is 3.14. The average molecular weight is 713 g/mol. The van der Waals surface area contributed by atoms with E-state index in [0.717, 1.165) is 0 Å². The van der Waals surface area contributed by atoms with Crippen LogP contribution in [-0.4, -0.2) is 90.1 Å². The van der Waals surface area contributed by atoms with Gasteiger partial charge in [0.05, 0.1) is 21.0 Å². The highest BCUT2D eigenvalue weighted by Crippen LogP contribution is 2.39. The summed E-state index contributed by atoms with van der Waals surface area (Å²) in [6.45, 7) is 7.19. The van der Waals surface area contributed by atoms with Gasteiger partial charge in [0.15, 0.2) is 24.4 Å². The van der Waals surface area contributed by atoms with Crippen LogP contribution < -0.4 is 14.8 Å². The van der Waals surface area contributed by atoms with Crippen LogP contribution in [0, 0.1) is 29.1 Å². The van der Waals surface area contributed by atoms with E-state index in [0.29, 0.717) is 44.0 Å². The molecule has 11 nitrogen and oxygen atoms in total. The highest BCUT2D eigenvalue weighted by atomic mass is 32.2. The molecule has 2 fully saturated rings. The first-order valence-corrected chi connectivity index (χ1v) is 19.5. The van der Waals surface area contributed by atoms with Crippen molar-refractivity contribution in [2.24, 2.45) is 5.41 Å². The lowest BCUT2D eigenvalue weighted by Gasteiger charge is -2.41. The number of piperidine rings is 2. The summed E-state index contributed by atoms with van der Waals surface area (Å²) in [7, 11) is -8.21. The maximum atomic E-state index is 14.3. The van der Waals surface area contributed by atoms with Crippen molar-refractivity contribution in [1.29, 1.82) is 0 Å². The second-order valence-corrected chi connectivity index (χ2v) is 16.5. The molecule has 2 aromatic rings. The van der Waals surface area contributed by atoms with Gasteiger partial charge in [0.1, 0.15) is 24.7 Å². The Morgan fingerprint density at radius 1 is 0.837 bits per heavy atom. The number of nitrogens with zero attached hydrogens (tertiary/aromatic N) is 1. The van der Waals surface area contributed by atoms with Crippen LogP contribution in [0.15, 0.2) is 58.3 Å². The van der Waals surface area contributed by atoms with E-state index in [1.165, 1.54) is 36.4 Å². The quantitative estimate of drug-likeness (QED) is 0.185. The number of hydrogen-bond donors (Lipinski definition) is 1. The summed E-state index contributed by atoms with van der Waals surface area (Å²) in [6, 6.07) is 11.7. The SMILES string of the molecule is CC#CCOc1ccc(S(=O)(=O)CCC2(C(=O)OC(=O)C3(S(=O)(=O)c4ccc(OCC#CC)cc4)CCCN(CC)C3)CCCNC2)cc1. The first-order valence-electron chi connectivity index (χ1n) is 16.4. The Kier molecular flexibility index (Phi) is 12.9. The van der Waals surface area contributed by atoms with E-state index in [1.807, 2.05) is 11.8 Å². The molecule has 2 aliphatic heterocycles. The molecule has 0 bridgehead atoms. The molecule has 49 heavy (non-hydrogen) atoms. The van der Waals surface area contributed by atoms with Crippen molar-refractivity contribution in [3.8, 4) is 35.2 Å². The molecule has 0 amide bonds. The lowest BCUT2D eigenvalue weighted by atomic mass is 9.78. The summed E-state index contributed by atoms with van der Waals surface area (Å²) >= 11 is 0. The van der Waals surface area contributed by atoms with Crippen LogP contribution in [0.25, 0.3) is 0 Å². The Labute approximate surface area is 289 Å². The molecule has 4 rings (SSSR count). The van der Waals surface area contributed by atoms with Crippen LogP contribution in [0.2, 0.25) is 0 Å². The van der Waals surface area contributed by atoms with Crippen molar-refractivity contribution in [1.82, 2.24) is 10.2 Å². The van der Waals surface area contributed by atoms with Crippen LogP contribution in [0.5, 0.6) is 11.5 Å². The van der Waals surface area contributed by atoms with Gasteiger partial charge < -0.3 is 24.4 Å². The minimum absolute atomic E-state index is 0.0351. The smallest absolute Gasteiger partial charge is 0.336 e. The summed E-state index contributed by atoms with van der Waals surface area (Å²) in [4.78, 5) is 29.9. The lowest BCUT2D eigenvalue weighted by molar-refractivity contribution is -0.171. The Morgan fingerprint density at radius 3 is 1.96 bits per heavy atom. The summed E-state index contributed by atoms with van der Waals surface area (Å²) in [5.41, 5.74) is -1.35. The van der Waals surface area contributed by atoms with Crippen LogP contribution in [-0.2, 0) is 34.0 Å². The van der Waals surface area contributed by atoms with E-state index in [-0.39, 0.29) is 61.1 Å². The van der Waals surface area contributed by atoms with Crippen molar-refractivity contribution in [3.63, 3.8) is 0 Å². The molecule has 2 unspecified atom stereocenters. The zero-order valence-corrected chi connectivity index (χ0v) is 29.9. The van der Waals surface area contributed by atoms with Gasteiger partial charge in [-0.15, -0.1) is 11.8 Å². The normalized spacial score (nSPS) is 21.3. The molecular formula is C36H44N2O9S2. The molecule has 0 spiro atoms. The number of esters is 2. The lowest BCUT2D eigenvalue weighted by Crippen LogP contribution is -2.59. The maximum Gasteiger partial charge on any atom is 0.336 e. The molecule has 2 saturated heterocycles. The molecular weight excluding hydrogens is 669 g/mol. The van der Waals surface area contributed by atoms with E-state index in [4.69, 9.17) is 14.2 Å². The molecule has 264 valence electrons. The Hall–Kier alpha value is -3.88. The van der Waals surface area contributed by atoms with Gasteiger partial charge in [-0.25, -0.2) is 21.6 Å². The Balaban J connectivity index is 1.57. The Bertz CT molecular complexity index is 1810. The number of nitrogens with one attached hydrogen (secondary N) is 1. The Morgan fingerprint density at radius 2 is 1.43 bits per heavy atom. The number of benzene rings is 2. The zero-order chi connectivity index (χ0) is 35.5. The van der Waals surface area contributed by atoms with Gasteiger partial charge in [0, 0.05) is 13.1 Å². The number of sulfone groups is 2. The molecule has 2 atom stereocenters. The number of carbonyl (C=O) groups excluding carboxylic acids is 2. The predicted molar refractivity (Wildman–Crippen MR) is 184 cm³/mol. The highest BCUT2D eigenvalue weighted by molar-refractivity contribution is 7.93. The topological polar surface area (TPSA) is 145 Å². The predicted octanol–water partition coefficient (Wildman–Crippen LogP) is 3.42. The van der Waals surface area contributed by atoms with Crippen molar-refractivity contribution in [3.05, 3.63) is 48.5 Å². The summed E-state index contributed by atoms with van der Waals surface area (Å²) < 4.78 is 69.9. The van der Waals surface area contributed by atoms with E-state index >= 15 is 0 Å². The minimum atomic E-state index is -4.37. The highest BCUT2D eigenvalue weighted by Gasteiger charge is 2.56. The van der Waals surface area contributed by atoms with Gasteiger partial charge in [0.2, 0.25) is 0 Å². The molecule has 0 aliphatic carbocycles. The molecule has 1 N–H and O–H groups in total. The van der Waals surface area contributed by atoms with Gasteiger partial charge >= 0.3 is 11.9 Å². The molecule has 2 aliphatic rings. The second-order valence-electron chi connectivity index (χ2n) is 12.2. The number of likely N-dealkylation sites (tertiary alicyclic amines) is 1. The molecule has 0 saturated carbocycles. The van der Waals surface area contributed by atoms with Crippen LogP contribution in [0.3, 0.4) is 0 Å². The van der Waals surface area contributed by atoms with E-state index in [2.05, 4.69) is 29.0 Å². The average Bonchev–Trinajstić information content (AvgIpc) is 3.11. The van der Waals surface area contributed by atoms with Gasteiger partial charge in [-0.05, 0) is 114 Å². The van der Waals surface area contributed by atoms with E-state index in [1.54, 1.807) is 26.0 Å². The standard InChI is InChI=1S/C36H44N2O9S2/c1-4-7-24-45-29-11-15-31(16-12-29)48(41,42)26-21-35(19-9-22-37-27-35)33(39)47-34(40)36(20-10-23-38(6-3)28-36)49(43,44)32-17-13-30(14-18-32)46-25-8-5-2/h11-18,37H,6,9-10,19-28H2,1-3H3. The number of hydrogen-bond acceptors (Lipinski definition) is 11. The first-order chi connectivity index (χ1) is 23.4. The third kappa shape index (κ3) is 8.84. The van der Waals surface area contributed by atoms with Gasteiger partial charge in [-0.2, -0.15) is 0 Å². The van der Waals surface area contributed by atoms with Crippen molar-refractivity contribution < 1.29 is 40.6 Å². The summed E-state index contributed by atoms with van der Waals surface area (Å²) in [6.07, 6.45) is 1.06. The molecule has 0 aromatic heterocycles. The molecule has 2 heterocycles. The van der Waals surface area contributed by atoms with Crippen molar-refractivity contribution in [2.45, 2.75) is 67.4 Å². The molecule has 0 radical (unpaired) electrons. The monoisotopic (exact) mass is 712 g/mol. The summed E-state index contributed by atoms with van der Waals surface area (Å²) in [5.74, 6) is 9.41. The molecule has 13 heteroatoms. The van der Waals surface area contributed by atoms with Crippen molar-refractivity contribution >= 4 is 31.6 Å². The maximum absolute atomic E-state index is 14.3. The van der Waals surface area contributed by atoms with E-state index < -0.39 is 41.8 Å². The van der Waals surface area contributed by atoms with Gasteiger partial charge in [-0.3, -0.25) is 4.79 Å². The van der Waals surface area contributed by atoms with E-state index in [9.17, 15) is 26.4 Å². The second kappa shape index (κ2) is 16.7. The number of ether oxygens (including phenoxy) is 3. The largest absolute Gasteiger partial charge is 0.481 e. The fourth-order valence-electron chi connectivity index (χ4n) is 6.13. The molecule has 2 aromatic carbocycles. The zero-order valence-electron chi connectivity index (χ0n) is 28.2. The van der Waals surface area contributed by atoms with Gasteiger partial charge in [-0.1, -0.05) is 18.8 Å². The first kappa shape index (κ1) is 37.9. The van der Waals surface area contributed by atoms with Crippen LogP contribution >= 0.6 is 0 Å². The fraction of sp³-hybridized carbons (Fsp3) is 0.500. The van der Waals surface area contributed by atoms with Gasteiger partial charge in [0.25, 0.3) is 0 Å². The third-order valence-corrected chi connectivity index (χ3v) is 13.3. The van der Waals surface area contributed by atoms with Crippen LogP contribution in [0.1, 0.15) is 52.9 Å².